The van der Waals surface area contributed by atoms with Crippen molar-refractivity contribution in [2.45, 2.75) is 6.42 Å². The van der Waals surface area contributed by atoms with E-state index in [0.29, 0.717) is 23.1 Å². The number of halogens is 1. The summed E-state index contributed by atoms with van der Waals surface area (Å²) in [5.74, 6) is 0. The average Bonchev–Trinajstić information content (AvgIpc) is 2.58. The van der Waals surface area contributed by atoms with Gasteiger partial charge in [0.25, 0.3) is 10.9 Å². The van der Waals surface area contributed by atoms with Crippen LogP contribution in [0.2, 0.25) is 5.15 Å². The van der Waals surface area contributed by atoms with Gasteiger partial charge in [0.2, 0.25) is 0 Å². The van der Waals surface area contributed by atoms with Gasteiger partial charge in [0.1, 0.15) is 16.5 Å². The molecule has 0 saturated heterocycles. The number of hydrogen-bond acceptors (Lipinski definition) is 5. The maximum absolute atomic E-state index is 11.7. The molecule has 1 heterocycles. The summed E-state index contributed by atoms with van der Waals surface area (Å²) in [5.41, 5.74) is 1.34. The van der Waals surface area contributed by atoms with Gasteiger partial charge in [-0.2, -0.15) is 0 Å². The number of rotatable bonds is 6. The molecule has 0 atom stereocenters. The van der Waals surface area contributed by atoms with Crippen molar-refractivity contribution in [1.29, 1.82) is 0 Å². The zero-order valence-electron chi connectivity index (χ0n) is 12.2. The van der Waals surface area contributed by atoms with Gasteiger partial charge in [-0.3, -0.25) is 9.59 Å². The number of pyridine rings is 1. The summed E-state index contributed by atoms with van der Waals surface area (Å²) in [6, 6.07) is 13.2. The molecule has 0 fully saturated rings. The van der Waals surface area contributed by atoms with Crippen LogP contribution in [0.25, 0.3) is 0 Å². The Morgan fingerprint density at radius 3 is 2.48 bits per heavy atom. The molecule has 0 saturated carbocycles. The molecule has 0 amide bonds. The predicted octanol–water partition coefficient (Wildman–Crippen LogP) is 2.73. The molecule has 6 heteroatoms. The largest absolute Gasteiger partial charge is 0.380 e. The molecule has 0 aliphatic rings. The Morgan fingerprint density at radius 2 is 1.74 bits per heavy atom. The summed E-state index contributed by atoms with van der Waals surface area (Å²) >= 11 is 5.81. The maximum Gasteiger partial charge on any atom is 0.253 e. The first kappa shape index (κ1) is 15.2. The molecular weight excluding hydrogens is 314 g/mol. The molecule has 3 rings (SSSR count). The molecule has 0 unspecified atom stereocenters. The summed E-state index contributed by atoms with van der Waals surface area (Å²) in [4.78, 5) is 27.3. The standard InChI is InChI=1S/C17H14ClN3O2/c18-13-10-12(7-9-19-13)21-15-14(16(22)17(15)23)20-8-6-11-4-2-1-3-5-11/h1-5,7,9-10,20H,6,8H2,(H,19,21). The SMILES string of the molecule is O=c1c(NCCc2ccccc2)c(Nc2ccnc(Cl)c2)c1=O. The Morgan fingerprint density at radius 1 is 1.00 bits per heavy atom. The Kier molecular flexibility index (Phi) is 4.39. The number of benzene rings is 1. The Labute approximate surface area is 137 Å². The zero-order valence-corrected chi connectivity index (χ0v) is 12.9. The third-order valence-electron chi connectivity index (χ3n) is 3.46. The molecule has 0 radical (unpaired) electrons. The summed E-state index contributed by atoms with van der Waals surface area (Å²) < 4.78 is 0. The highest BCUT2D eigenvalue weighted by Gasteiger charge is 2.20. The quantitative estimate of drug-likeness (QED) is 0.538. The van der Waals surface area contributed by atoms with Crippen molar-refractivity contribution in [3.05, 3.63) is 79.8 Å². The number of aromatic nitrogens is 1. The van der Waals surface area contributed by atoms with E-state index in [2.05, 4.69) is 15.6 Å². The monoisotopic (exact) mass is 327 g/mol. The number of hydrogen-bond donors (Lipinski definition) is 2. The van der Waals surface area contributed by atoms with E-state index in [0.717, 1.165) is 12.0 Å². The van der Waals surface area contributed by atoms with E-state index in [4.69, 9.17) is 11.6 Å². The molecule has 116 valence electrons. The molecule has 23 heavy (non-hydrogen) atoms. The second-order valence-corrected chi connectivity index (χ2v) is 5.45. The fourth-order valence-corrected chi connectivity index (χ4v) is 2.45. The smallest absolute Gasteiger partial charge is 0.253 e. The van der Waals surface area contributed by atoms with Gasteiger partial charge in [-0.25, -0.2) is 4.98 Å². The minimum absolute atomic E-state index is 0.269. The van der Waals surface area contributed by atoms with E-state index in [1.807, 2.05) is 30.3 Å². The zero-order chi connectivity index (χ0) is 16.2. The highest BCUT2D eigenvalue weighted by atomic mass is 35.5. The van der Waals surface area contributed by atoms with E-state index in [9.17, 15) is 9.59 Å². The second kappa shape index (κ2) is 6.62. The lowest BCUT2D eigenvalue weighted by molar-refractivity contribution is 1.01. The lowest BCUT2D eigenvalue weighted by atomic mass is 10.1. The van der Waals surface area contributed by atoms with Crippen molar-refractivity contribution in [2.75, 3.05) is 17.2 Å². The van der Waals surface area contributed by atoms with Gasteiger partial charge in [0.15, 0.2) is 0 Å². The highest BCUT2D eigenvalue weighted by molar-refractivity contribution is 6.29. The molecule has 2 aromatic carbocycles. The van der Waals surface area contributed by atoms with E-state index in [1.54, 1.807) is 12.1 Å². The number of nitrogens with one attached hydrogen (secondary N) is 2. The summed E-state index contributed by atoms with van der Waals surface area (Å²) in [6.07, 6.45) is 2.29. The lowest BCUT2D eigenvalue weighted by Gasteiger charge is -2.15. The molecule has 3 aromatic rings. The Hall–Kier alpha value is -2.66. The van der Waals surface area contributed by atoms with Crippen LogP contribution in [0.4, 0.5) is 17.1 Å². The topological polar surface area (TPSA) is 71.1 Å². The number of anilines is 3. The molecule has 0 aliphatic carbocycles. The third kappa shape index (κ3) is 3.40. The normalized spacial score (nSPS) is 10.7. The molecule has 0 aliphatic heterocycles. The Balaban J connectivity index is 1.68. The third-order valence-corrected chi connectivity index (χ3v) is 3.67. The second-order valence-electron chi connectivity index (χ2n) is 5.06. The fraction of sp³-hybridized carbons (Fsp3) is 0.118. The van der Waals surface area contributed by atoms with Crippen LogP contribution in [0, 0.1) is 0 Å². The van der Waals surface area contributed by atoms with E-state index in [1.165, 1.54) is 6.20 Å². The van der Waals surface area contributed by atoms with Crippen LogP contribution in [0.3, 0.4) is 0 Å². The lowest BCUT2D eigenvalue weighted by Crippen LogP contribution is -2.37. The first-order valence-corrected chi connectivity index (χ1v) is 7.52. The molecule has 0 spiro atoms. The fourth-order valence-electron chi connectivity index (χ4n) is 2.28. The van der Waals surface area contributed by atoms with Crippen LogP contribution in [0.5, 0.6) is 0 Å². The Bertz CT molecular complexity index is 886. The molecule has 1 aromatic heterocycles. The molecule has 2 N–H and O–H groups in total. The number of nitrogens with zero attached hydrogens (tertiary/aromatic N) is 1. The van der Waals surface area contributed by atoms with Gasteiger partial charge in [-0.1, -0.05) is 41.9 Å². The first-order chi connectivity index (χ1) is 11.1. The first-order valence-electron chi connectivity index (χ1n) is 7.15. The van der Waals surface area contributed by atoms with Crippen LogP contribution in [-0.4, -0.2) is 11.5 Å². The van der Waals surface area contributed by atoms with Crippen molar-refractivity contribution < 1.29 is 0 Å². The van der Waals surface area contributed by atoms with Crippen LogP contribution in [0.15, 0.2) is 58.3 Å². The average molecular weight is 328 g/mol. The van der Waals surface area contributed by atoms with Gasteiger partial charge >= 0.3 is 0 Å². The minimum Gasteiger partial charge on any atom is -0.380 e. The van der Waals surface area contributed by atoms with Crippen molar-refractivity contribution in [3.63, 3.8) is 0 Å². The highest BCUT2D eigenvalue weighted by Crippen LogP contribution is 2.21. The van der Waals surface area contributed by atoms with Gasteiger partial charge in [0.05, 0.1) is 0 Å². The molecule has 5 nitrogen and oxygen atoms in total. The van der Waals surface area contributed by atoms with Crippen molar-refractivity contribution in [3.8, 4) is 0 Å². The van der Waals surface area contributed by atoms with E-state index >= 15 is 0 Å². The van der Waals surface area contributed by atoms with Gasteiger partial charge in [-0.15, -0.1) is 0 Å². The van der Waals surface area contributed by atoms with Crippen LogP contribution in [-0.2, 0) is 6.42 Å². The van der Waals surface area contributed by atoms with E-state index < -0.39 is 10.9 Å². The maximum atomic E-state index is 11.7. The van der Waals surface area contributed by atoms with Crippen molar-refractivity contribution >= 4 is 28.7 Å². The van der Waals surface area contributed by atoms with Gasteiger partial charge in [-0.05, 0) is 24.1 Å². The van der Waals surface area contributed by atoms with Gasteiger partial charge in [0, 0.05) is 18.4 Å². The molecule has 0 bridgehead atoms. The summed E-state index contributed by atoms with van der Waals surface area (Å²) in [7, 11) is 0. The van der Waals surface area contributed by atoms with Crippen LogP contribution in [0.1, 0.15) is 5.56 Å². The van der Waals surface area contributed by atoms with Crippen LogP contribution >= 0.6 is 11.6 Å². The summed E-state index contributed by atoms with van der Waals surface area (Å²) in [5, 5.41) is 6.26. The van der Waals surface area contributed by atoms with Crippen molar-refractivity contribution in [2.24, 2.45) is 0 Å². The minimum atomic E-state index is -0.528. The van der Waals surface area contributed by atoms with Crippen molar-refractivity contribution in [1.82, 2.24) is 4.98 Å². The molecular formula is C17H14ClN3O2. The van der Waals surface area contributed by atoms with Crippen LogP contribution < -0.4 is 21.5 Å². The summed E-state index contributed by atoms with van der Waals surface area (Å²) in [6.45, 7) is 0.570. The van der Waals surface area contributed by atoms with E-state index in [-0.39, 0.29) is 5.69 Å². The predicted molar refractivity (Wildman–Crippen MR) is 92.5 cm³/mol. The van der Waals surface area contributed by atoms with Gasteiger partial charge < -0.3 is 10.6 Å².